The van der Waals surface area contributed by atoms with Gasteiger partial charge in [0.25, 0.3) is 5.91 Å². The molecule has 0 heterocycles. The predicted octanol–water partition coefficient (Wildman–Crippen LogP) is 2.48. The molecule has 28 heavy (non-hydrogen) atoms. The Labute approximate surface area is 164 Å². The lowest BCUT2D eigenvalue weighted by atomic mass is 9.88. The zero-order valence-corrected chi connectivity index (χ0v) is 16.4. The summed E-state index contributed by atoms with van der Waals surface area (Å²) >= 11 is 0. The van der Waals surface area contributed by atoms with Gasteiger partial charge in [0, 0.05) is 34.9 Å². The number of nitrogens with zero attached hydrogens (tertiary/aromatic N) is 2. The predicted molar refractivity (Wildman–Crippen MR) is 102 cm³/mol. The maximum atomic E-state index is 12.5. The van der Waals surface area contributed by atoms with E-state index in [0.29, 0.717) is 5.69 Å². The van der Waals surface area contributed by atoms with E-state index in [4.69, 9.17) is 4.74 Å². The summed E-state index contributed by atoms with van der Waals surface area (Å²) in [5.74, 6) is -2.57. The monoisotopic (exact) mass is 390 g/mol. The van der Waals surface area contributed by atoms with Crippen LogP contribution in [-0.2, 0) is 19.1 Å². The van der Waals surface area contributed by atoms with Crippen molar-refractivity contribution in [2.24, 2.45) is 17.8 Å². The van der Waals surface area contributed by atoms with Crippen molar-refractivity contribution in [1.29, 1.82) is 0 Å². The van der Waals surface area contributed by atoms with Crippen molar-refractivity contribution in [2.75, 3.05) is 18.1 Å². The average Bonchev–Trinajstić information content (AvgIpc) is 2.87. The SMILES string of the molecule is CC(C)N(C(=O)COC(=O)C[C@@H]1C(=O)C[C@@H](C)[C@H]1C[N+](=O)[O-])c1ccccc1. The maximum Gasteiger partial charge on any atom is 0.307 e. The molecule has 2 rings (SSSR count). The van der Waals surface area contributed by atoms with Gasteiger partial charge in [-0.15, -0.1) is 0 Å². The molecule has 1 aromatic rings. The van der Waals surface area contributed by atoms with Gasteiger partial charge in [0.1, 0.15) is 5.78 Å². The lowest BCUT2D eigenvalue weighted by Gasteiger charge is -2.26. The van der Waals surface area contributed by atoms with Crippen molar-refractivity contribution < 1.29 is 24.0 Å². The Morgan fingerprint density at radius 3 is 2.50 bits per heavy atom. The van der Waals surface area contributed by atoms with Crippen molar-refractivity contribution in [3.8, 4) is 0 Å². The third-order valence-electron chi connectivity index (χ3n) is 5.11. The molecule has 1 aliphatic rings. The molecule has 1 amide bonds. The molecule has 8 nitrogen and oxygen atoms in total. The van der Waals surface area contributed by atoms with Crippen LogP contribution in [0.1, 0.15) is 33.6 Å². The normalized spacial score (nSPS) is 21.6. The molecule has 3 atom stereocenters. The van der Waals surface area contributed by atoms with E-state index in [9.17, 15) is 24.5 Å². The van der Waals surface area contributed by atoms with Gasteiger partial charge in [-0.25, -0.2) is 0 Å². The van der Waals surface area contributed by atoms with Crippen LogP contribution in [0, 0.1) is 27.9 Å². The highest BCUT2D eigenvalue weighted by Crippen LogP contribution is 2.36. The van der Waals surface area contributed by atoms with Gasteiger partial charge >= 0.3 is 5.97 Å². The van der Waals surface area contributed by atoms with E-state index in [0.717, 1.165) is 0 Å². The Hall–Kier alpha value is -2.77. The van der Waals surface area contributed by atoms with E-state index in [1.807, 2.05) is 32.0 Å². The molecule has 1 saturated carbocycles. The summed E-state index contributed by atoms with van der Waals surface area (Å²) in [6.07, 6.45) is -0.00745. The first kappa shape index (κ1) is 21.5. The van der Waals surface area contributed by atoms with Crippen molar-refractivity contribution in [1.82, 2.24) is 0 Å². The molecule has 1 aromatic carbocycles. The molecule has 0 spiro atoms. The van der Waals surface area contributed by atoms with Gasteiger partial charge in [-0.2, -0.15) is 0 Å². The van der Waals surface area contributed by atoms with E-state index in [1.165, 1.54) is 4.90 Å². The Morgan fingerprint density at radius 2 is 1.93 bits per heavy atom. The second-order valence-electron chi connectivity index (χ2n) is 7.49. The largest absolute Gasteiger partial charge is 0.456 e. The summed E-state index contributed by atoms with van der Waals surface area (Å²) in [6.45, 7) is 4.70. The molecule has 0 N–H and O–H groups in total. The molecule has 0 unspecified atom stereocenters. The molecular formula is C20H26N2O6. The second-order valence-corrected chi connectivity index (χ2v) is 7.49. The van der Waals surface area contributed by atoms with Gasteiger partial charge in [-0.1, -0.05) is 25.1 Å². The van der Waals surface area contributed by atoms with Crippen LogP contribution in [0.2, 0.25) is 0 Å². The van der Waals surface area contributed by atoms with Crippen LogP contribution in [0.5, 0.6) is 0 Å². The van der Waals surface area contributed by atoms with Gasteiger partial charge in [0.05, 0.1) is 6.42 Å². The summed E-state index contributed by atoms with van der Waals surface area (Å²) in [5.41, 5.74) is 0.699. The van der Waals surface area contributed by atoms with Crippen LogP contribution in [0.3, 0.4) is 0 Å². The number of ether oxygens (including phenoxy) is 1. The first-order chi connectivity index (χ1) is 13.2. The number of carbonyl (C=O) groups excluding carboxylic acids is 3. The van der Waals surface area contributed by atoms with Gasteiger partial charge in [0.15, 0.2) is 6.61 Å². The minimum Gasteiger partial charge on any atom is -0.456 e. The molecule has 0 radical (unpaired) electrons. The fourth-order valence-electron chi connectivity index (χ4n) is 3.77. The van der Waals surface area contributed by atoms with Gasteiger partial charge in [-0.05, 0) is 31.9 Å². The van der Waals surface area contributed by atoms with Gasteiger partial charge in [-0.3, -0.25) is 24.5 Å². The highest BCUT2D eigenvalue weighted by Gasteiger charge is 2.44. The molecule has 0 bridgehead atoms. The number of ketones is 1. The van der Waals surface area contributed by atoms with Gasteiger partial charge < -0.3 is 9.64 Å². The fourth-order valence-corrected chi connectivity index (χ4v) is 3.77. The number of esters is 1. The number of para-hydroxylation sites is 1. The van der Waals surface area contributed by atoms with Crippen LogP contribution in [-0.4, -0.2) is 41.8 Å². The van der Waals surface area contributed by atoms with E-state index in [1.54, 1.807) is 19.1 Å². The maximum absolute atomic E-state index is 12.5. The highest BCUT2D eigenvalue weighted by molar-refractivity contribution is 5.96. The zero-order chi connectivity index (χ0) is 20.8. The molecule has 8 heteroatoms. The molecule has 0 aliphatic heterocycles. The molecule has 152 valence electrons. The minimum absolute atomic E-state index is 0.129. The smallest absolute Gasteiger partial charge is 0.307 e. The third kappa shape index (κ3) is 5.37. The first-order valence-electron chi connectivity index (χ1n) is 9.38. The van der Waals surface area contributed by atoms with Crippen molar-refractivity contribution in [2.45, 2.75) is 39.7 Å². The van der Waals surface area contributed by atoms with Crippen molar-refractivity contribution in [3.63, 3.8) is 0 Å². The standard InChI is InChI=1S/C20H26N2O6/c1-13(2)22(15-7-5-4-6-8-15)19(24)12-28-20(25)10-16-17(11-21(26)27)14(3)9-18(16)23/h4-8,13-14,16-17H,9-12H2,1-3H3/t14-,16+,17-/m1/s1. The number of rotatable bonds is 8. The number of hydrogen-bond donors (Lipinski definition) is 0. The Morgan fingerprint density at radius 1 is 1.29 bits per heavy atom. The number of hydrogen-bond acceptors (Lipinski definition) is 6. The Balaban J connectivity index is 1.96. The van der Waals surface area contributed by atoms with Crippen LogP contribution in [0.4, 0.5) is 5.69 Å². The lowest BCUT2D eigenvalue weighted by Crippen LogP contribution is -2.40. The first-order valence-corrected chi connectivity index (χ1v) is 9.38. The van der Waals surface area contributed by atoms with E-state index in [2.05, 4.69) is 0 Å². The third-order valence-corrected chi connectivity index (χ3v) is 5.11. The number of nitro groups is 1. The number of carbonyl (C=O) groups is 3. The van der Waals surface area contributed by atoms with Crippen LogP contribution < -0.4 is 4.90 Å². The van der Waals surface area contributed by atoms with Crippen LogP contribution in [0.25, 0.3) is 0 Å². The fraction of sp³-hybridized carbons (Fsp3) is 0.550. The second kappa shape index (κ2) is 9.43. The summed E-state index contributed by atoms with van der Waals surface area (Å²) < 4.78 is 5.10. The summed E-state index contributed by atoms with van der Waals surface area (Å²) in [6, 6.07) is 8.92. The zero-order valence-electron chi connectivity index (χ0n) is 16.4. The van der Waals surface area contributed by atoms with E-state index < -0.39 is 29.3 Å². The number of amides is 1. The van der Waals surface area contributed by atoms with Gasteiger partial charge in [0.2, 0.25) is 6.54 Å². The van der Waals surface area contributed by atoms with Crippen molar-refractivity contribution in [3.05, 3.63) is 40.4 Å². The molecule has 1 aliphatic carbocycles. The number of Topliss-reactive ketones (excluding diaryl/α,β-unsaturated/α-hetero) is 1. The summed E-state index contributed by atoms with van der Waals surface area (Å²) in [7, 11) is 0. The van der Waals surface area contributed by atoms with E-state index in [-0.39, 0.29) is 43.0 Å². The molecule has 0 aromatic heterocycles. The lowest BCUT2D eigenvalue weighted by molar-refractivity contribution is -0.490. The Kier molecular flexibility index (Phi) is 7.25. The summed E-state index contributed by atoms with van der Waals surface area (Å²) in [4.78, 5) is 48.8. The molecular weight excluding hydrogens is 364 g/mol. The minimum atomic E-state index is -0.724. The van der Waals surface area contributed by atoms with Crippen LogP contribution in [0.15, 0.2) is 30.3 Å². The highest BCUT2D eigenvalue weighted by atomic mass is 16.6. The number of anilines is 1. The quantitative estimate of drug-likeness (QED) is 0.383. The van der Waals surface area contributed by atoms with E-state index >= 15 is 0 Å². The topological polar surface area (TPSA) is 107 Å². The molecule has 0 saturated heterocycles. The van der Waals surface area contributed by atoms with Crippen molar-refractivity contribution >= 4 is 23.3 Å². The molecule has 1 fully saturated rings. The average molecular weight is 390 g/mol. The van der Waals surface area contributed by atoms with Crippen LogP contribution >= 0.6 is 0 Å². The summed E-state index contributed by atoms with van der Waals surface area (Å²) in [5, 5.41) is 10.9. The Bertz CT molecular complexity index is 733. The number of benzene rings is 1.